The highest BCUT2D eigenvalue weighted by molar-refractivity contribution is 6.31. The van der Waals surface area contributed by atoms with Crippen molar-refractivity contribution >= 4 is 11.6 Å². The molecule has 0 amide bonds. The van der Waals surface area contributed by atoms with E-state index in [1.54, 1.807) is 13.0 Å². The fourth-order valence-electron chi connectivity index (χ4n) is 1.74. The fourth-order valence-corrected chi connectivity index (χ4v) is 1.90. The first-order valence-electron chi connectivity index (χ1n) is 4.47. The maximum atomic E-state index is 13.1. The third kappa shape index (κ3) is 1.20. The Bertz CT molecular complexity index is 430. The summed E-state index contributed by atoms with van der Waals surface area (Å²) < 4.78 is 13.1. The molecule has 0 N–H and O–H groups in total. The van der Waals surface area contributed by atoms with E-state index in [2.05, 4.69) is 6.07 Å². The largest absolute Gasteiger partial charge is 0.205 e. The number of rotatable bonds is 1. The summed E-state index contributed by atoms with van der Waals surface area (Å²) in [6, 6.07) is 5.28. The Morgan fingerprint density at radius 3 is 2.64 bits per heavy atom. The van der Waals surface area contributed by atoms with E-state index in [1.807, 2.05) is 0 Å². The molecule has 0 unspecified atom stereocenters. The summed E-state index contributed by atoms with van der Waals surface area (Å²) in [5.41, 5.74) is 1.19. The van der Waals surface area contributed by atoms with Crippen molar-refractivity contribution in [2.75, 3.05) is 0 Å². The molecule has 1 fully saturated rings. The average Bonchev–Trinajstić information content (AvgIpc) is 2.95. The Hall–Kier alpha value is -1.07. The van der Waals surface area contributed by atoms with Gasteiger partial charge in [-0.2, -0.15) is 5.26 Å². The molecular formula is C11H9ClFN. The Morgan fingerprint density at radius 1 is 1.50 bits per heavy atom. The molecule has 1 nitrogen and oxygen atoms in total. The summed E-state index contributed by atoms with van der Waals surface area (Å²) in [6.07, 6.45) is 1.71. The van der Waals surface area contributed by atoms with Gasteiger partial charge in [-0.25, -0.2) is 4.39 Å². The van der Waals surface area contributed by atoms with Crippen molar-refractivity contribution in [2.24, 2.45) is 0 Å². The first-order valence-corrected chi connectivity index (χ1v) is 4.85. The lowest BCUT2D eigenvalue weighted by Crippen LogP contribution is -2.06. The minimum Gasteiger partial charge on any atom is -0.205 e. The van der Waals surface area contributed by atoms with Gasteiger partial charge in [0.15, 0.2) is 0 Å². The standard InChI is InChI=1S/C11H9ClFN/c1-7-8(11(6-14)4-5-11)2-3-9(13)10(7)12/h2-3H,4-5H2,1H3. The van der Waals surface area contributed by atoms with E-state index in [-0.39, 0.29) is 10.4 Å². The lowest BCUT2D eigenvalue weighted by atomic mass is 9.93. The van der Waals surface area contributed by atoms with Gasteiger partial charge in [-0.05, 0) is 37.0 Å². The molecule has 14 heavy (non-hydrogen) atoms. The zero-order chi connectivity index (χ0) is 10.3. The Morgan fingerprint density at radius 2 is 2.14 bits per heavy atom. The number of nitriles is 1. The zero-order valence-corrected chi connectivity index (χ0v) is 8.53. The maximum Gasteiger partial charge on any atom is 0.142 e. The quantitative estimate of drug-likeness (QED) is 0.696. The van der Waals surface area contributed by atoms with Crippen LogP contribution in [-0.2, 0) is 5.41 Å². The second-order valence-electron chi connectivity index (χ2n) is 3.73. The first-order chi connectivity index (χ1) is 6.60. The summed E-state index contributed by atoms with van der Waals surface area (Å²) in [5.74, 6) is -0.415. The van der Waals surface area contributed by atoms with Gasteiger partial charge in [0.05, 0.1) is 16.5 Å². The van der Waals surface area contributed by atoms with Crippen LogP contribution in [0.2, 0.25) is 5.02 Å². The second-order valence-corrected chi connectivity index (χ2v) is 4.11. The summed E-state index contributed by atoms with van der Waals surface area (Å²) >= 11 is 5.79. The van der Waals surface area contributed by atoms with Crippen molar-refractivity contribution < 1.29 is 4.39 Å². The van der Waals surface area contributed by atoms with Crippen LogP contribution in [0.1, 0.15) is 24.0 Å². The van der Waals surface area contributed by atoms with Crippen molar-refractivity contribution in [1.29, 1.82) is 5.26 Å². The van der Waals surface area contributed by atoms with Gasteiger partial charge in [-0.15, -0.1) is 0 Å². The van der Waals surface area contributed by atoms with Gasteiger partial charge in [-0.3, -0.25) is 0 Å². The fraction of sp³-hybridized carbons (Fsp3) is 0.364. The molecule has 0 aliphatic heterocycles. The maximum absolute atomic E-state index is 13.1. The molecule has 1 saturated carbocycles. The number of benzene rings is 1. The zero-order valence-electron chi connectivity index (χ0n) is 7.77. The third-order valence-corrected chi connectivity index (χ3v) is 3.28. The second kappa shape index (κ2) is 2.96. The molecule has 1 aromatic carbocycles. The van der Waals surface area contributed by atoms with Crippen LogP contribution in [-0.4, -0.2) is 0 Å². The third-order valence-electron chi connectivity index (χ3n) is 2.82. The van der Waals surface area contributed by atoms with Crippen LogP contribution in [0.15, 0.2) is 12.1 Å². The molecule has 0 aromatic heterocycles. The van der Waals surface area contributed by atoms with Crippen LogP contribution in [0.25, 0.3) is 0 Å². The number of hydrogen-bond acceptors (Lipinski definition) is 1. The molecule has 0 bridgehead atoms. The van der Waals surface area contributed by atoms with Gasteiger partial charge >= 0.3 is 0 Å². The lowest BCUT2D eigenvalue weighted by molar-refractivity contribution is 0.625. The van der Waals surface area contributed by atoms with Crippen LogP contribution >= 0.6 is 11.6 Å². The summed E-state index contributed by atoms with van der Waals surface area (Å²) in [5, 5.41) is 9.15. The molecule has 0 atom stereocenters. The van der Waals surface area contributed by atoms with Gasteiger partial charge in [0, 0.05) is 0 Å². The van der Waals surface area contributed by atoms with Gasteiger partial charge in [-0.1, -0.05) is 17.7 Å². The van der Waals surface area contributed by atoms with E-state index in [4.69, 9.17) is 16.9 Å². The van der Waals surface area contributed by atoms with Crippen LogP contribution in [0, 0.1) is 24.1 Å². The normalized spacial score (nSPS) is 17.6. The van der Waals surface area contributed by atoms with Crippen molar-refractivity contribution in [1.82, 2.24) is 0 Å². The van der Waals surface area contributed by atoms with Crippen molar-refractivity contribution in [3.63, 3.8) is 0 Å². The Balaban J connectivity index is 2.57. The molecular weight excluding hydrogens is 201 g/mol. The van der Waals surface area contributed by atoms with E-state index in [0.29, 0.717) is 5.56 Å². The summed E-state index contributed by atoms with van der Waals surface area (Å²) in [7, 11) is 0. The van der Waals surface area contributed by atoms with Gasteiger partial charge in [0.25, 0.3) is 0 Å². The molecule has 2 rings (SSSR count). The van der Waals surface area contributed by atoms with Crippen molar-refractivity contribution in [3.8, 4) is 6.07 Å². The molecule has 0 spiro atoms. The van der Waals surface area contributed by atoms with Crippen LogP contribution in [0.4, 0.5) is 4.39 Å². The topological polar surface area (TPSA) is 23.8 Å². The first kappa shape index (κ1) is 9.48. The SMILES string of the molecule is Cc1c(C2(C#N)CC2)ccc(F)c1Cl. The molecule has 3 heteroatoms. The summed E-state index contributed by atoms with van der Waals surface area (Å²) in [6.45, 7) is 1.76. The molecule has 1 aromatic rings. The lowest BCUT2D eigenvalue weighted by Gasteiger charge is -2.11. The van der Waals surface area contributed by atoms with Gasteiger partial charge in [0.1, 0.15) is 5.82 Å². The van der Waals surface area contributed by atoms with Crippen LogP contribution < -0.4 is 0 Å². The monoisotopic (exact) mass is 209 g/mol. The smallest absolute Gasteiger partial charge is 0.142 e. The predicted octanol–water partition coefficient (Wildman–Crippen LogP) is 3.34. The van der Waals surface area contributed by atoms with E-state index in [9.17, 15) is 4.39 Å². The number of halogens is 2. The van der Waals surface area contributed by atoms with E-state index < -0.39 is 5.82 Å². The van der Waals surface area contributed by atoms with E-state index in [1.165, 1.54) is 6.07 Å². The predicted molar refractivity (Wildman–Crippen MR) is 52.7 cm³/mol. The van der Waals surface area contributed by atoms with Crippen molar-refractivity contribution in [2.45, 2.75) is 25.2 Å². The summed E-state index contributed by atoms with van der Waals surface area (Å²) in [4.78, 5) is 0. The molecule has 72 valence electrons. The van der Waals surface area contributed by atoms with Gasteiger partial charge < -0.3 is 0 Å². The molecule has 1 aliphatic carbocycles. The highest BCUT2D eigenvalue weighted by Crippen LogP contribution is 2.49. The molecule has 0 saturated heterocycles. The molecule has 0 heterocycles. The van der Waals surface area contributed by atoms with Gasteiger partial charge in [0.2, 0.25) is 0 Å². The Labute approximate surface area is 87.1 Å². The molecule has 0 radical (unpaired) electrons. The van der Waals surface area contributed by atoms with Crippen LogP contribution in [0.3, 0.4) is 0 Å². The number of hydrogen-bond donors (Lipinski definition) is 0. The van der Waals surface area contributed by atoms with E-state index in [0.717, 1.165) is 18.4 Å². The van der Waals surface area contributed by atoms with Crippen LogP contribution in [0.5, 0.6) is 0 Å². The average molecular weight is 210 g/mol. The highest BCUT2D eigenvalue weighted by atomic mass is 35.5. The Kier molecular flexibility index (Phi) is 2.01. The number of nitrogens with zero attached hydrogens (tertiary/aromatic N) is 1. The highest BCUT2D eigenvalue weighted by Gasteiger charge is 2.46. The minimum atomic E-state index is -0.415. The molecule has 1 aliphatic rings. The van der Waals surface area contributed by atoms with Crippen molar-refractivity contribution in [3.05, 3.63) is 34.1 Å². The minimum absolute atomic E-state index is 0.143. The van der Waals surface area contributed by atoms with E-state index >= 15 is 0 Å².